The lowest BCUT2D eigenvalue weighted by Gasteiger charge is -2.09. The van der Waals surface area contributed by atoms with Gasteiger partial charge in [-0.1, -0.05) is 24.3 Å². The predicted molar refractivity (Wildman–Crippen MR) is 119 cm³/mol. The highest BCUT2D eigenvalue weighted by Gasteiger charge is 2.11. The zero-order chi connectivity index (χ0) is 20.4. The molecule has 2 aromatic carbocycles. The minimum Gasteiger partial charge on any atom is -0.383 e. The molecule has 7 heteroatoms. The summed E-state index contributed by atoms with van der Waals surface area (Å²) in [6.07, 6.45) is 1.70. The van der Waals surface area contributed by atoms with Crippen LogP contribution in [0.15, 0.2) is 66.2 Å². The molecule has 0 fully saturated rings. The summed E-state index contributed by atoms with van der Waals surface area (Å²) in [4.78, 5) is 27.9. The van der Waals surface area contributed by atoms with Crippen LogP contribution in [-0.4, -0.2) is 16.8 Å². The Balaban J connectivity index is 1.49. The summed E-state index contributed by atoms with van der Waals surface area (Å²) in [6, 6.07) is 15.9. The first-order chi connectivity index (χ1) is 14.0. The number of hydrogen-bond acceptors (Lipinski definition) is 5. The van der Waals surface area contributed by atoms with E-state index in [9.17, 15) is 9.59 Å². The SMILES string of the molecule is CC(=O)c1cccc(NC(=O)Nc2ccc(-c3csc4ccnc(N)c34)cc2)c1. The summed E-state index contributed by atoms with van der Waals surface area (Å²) < 4.78 is 1.09. The molecule has 2 heterocycles. The summed E-state index contributed by atoms with van der Waals surface area (Å²) in [6.45, 7) is 1.49. The van der Waals surface area contributed by atoms with Gasteiger partial charge in [-0.3, -0.25) is 4.79 Å². The minimum atomic E-state index is -0.382. The maximum absolute atomic E-state index is 12.3. The highest BCUT2D eigenvalue weighted by molar-refractivity contribution is 7.17. The van der Waals surface area contributed by atoms with E-state index in [1.54, 1.807) is 41.8 Å². The number of anilines is 3. The smallest absolute Gasteiger partial charge is 0.323 e. The number of carbonyl (C=O) groups is 2. The number of nitrogens with one attached hydrogen (secondary N) is 2. The lowest BCUT2D eigenvalue weighted by atomic mass is 10.1. The second kappa shape index (κ2) is 7.73. The van der Waals surface area contributed by atoms with Crippen molar-refractivity contribution < 1.29 is 9.59 Å². The second-order valence-corrected chi connectivity index (χ2v) is 7.42. The van der Waals surface area contributed by atoms with Crippen molar-refractivity contribution in [1.29, 1.82) is 0 Å². The molecular formula is C22H18N4O2S. The maximum Gasteiger partial charge on any atom is 0.323 e. The number of thiophene rings is 1. The van der Waals surface area contributed by atoms with E-state index in [1.807, 2.05) is 30.3 Å². The molecule has 2 aromatic heterocycles. The number of amides is 2. The van der Waals surface area contributed by atoms with Crippen molar-refractivity contribution in [2.24, 2.45) is 0 Å². The van der Waals surface area contributed by atoms with E-state index in [-0.39, 0.29) is 11.8 Å². The summed E-state index contributed by atoms with van der Waals surface area (Å²) in [5.74, 6) is 0.453. The molecular weight excluding hydrogens is 384 g/mol. The van der Waals surface area contributed by atoms with Crippen molar-refractivity contribution in [2.75, 3.05) is 16.4 Å². The van der Waals surface area contributed by atoms with Gasteiger partial charge in [-0.25, -0.2) is 9.78 Å². The molecule has 4 aromatic rings. The Morgan fingerprint density at radius 2 is 1.76 bits per heavy atom. The van der Waals surface area contributed by atoms with Gasteiger partial charge in [-0.05, 0) is 48.2 Å². The number of aromatic nitrogens is 1. The molecule has 0 aliphatic rings. The number of Topliss-reactive ketones (excluding diaryl/α,β-unsaturated/α-hetero) is 1. The Hall–Kier alpha value is -3.71. The van der Waals surface area contributed by atoms with E-state index in [2.05, 4.69) is 21.0 Å². The zero-order valence-electron chi connectivity index (χ0n) is 15.6. The third-order valence-electron chi connectivity index (χ3n) is 4.50. The first-order valence-electron chi connectivity index (χ1n) is 8.92. The summed E-state index contributed by atoms with van der Waals surface area (Å²) >= 11 is 1.62. The number of fused-ring (bicyclic) bond motifs is 1. The minimum absolute atomic E-state index is 0.0542. The van der Waals surface area contributed by atoms with Crippen LogP contribution in [0.5, 0.6) is 0 Å². The Labute approximate surface area is 171 Å². The summed E-state index contributed by atoms with van der Waals surface area (Å²) in [7, 11) is 0. The van der Waals surface area contributed by atoms with Crippen LogP contribution in [0.1, 0.15) is 17.3 Å². The third kappa shape index (κ3) is 3.95. The third-order valence-corrected chi connectivity index (χ3v) is 5.44. The van der Waals surface area contributed by atoms with Crippen molar-refractivity contribution in [2.45, 2.75) is 6.92 Å². The number of benzene rings is 2. The van der Waals surface area contributed by atoms with Gasteiger partial charge < -0.3 is 16.4 Å². The number of carbonyl (C=O) groups excluding carboxylic acids is 2. The number of pyridine rings is 1. The van der Waals surface area contributed by atoms with Gasteiger partial charge >= 0.3 is 6.03 Å². The van der Waals surface area contributed by atoms with E-state index < -0.39 is 0 Å². The molecule has 2 amide bonds. The van der Waals surface area contributed by atoms with Crippen LogP contribution in [0.4, 0.5) is 22.0 Å². The predicted octanol–water partition coefficient (Wildman–Crippen LogP) is 5.39. The normalized spacial score (nSPS) is 10.7. The van der Waals surface area contributed by atoms with Gasteiger partial charge in [0.1, 0.15) is 5.82 Å². The van der Waals surface area contributed by atoms with Gasteiger partial charge in [0.2, 0.25) is 0 Å². The van der Waals surface area contributed by atoms with Gasteiger partial charge in [-0.15, -0.1) is 11.3 Å². The van der Waals surface area contributed by atoms with Crippen molar-refractivity contribution >= 4 is 50.4 Å². The Bertz CT molecular complexity index is 1220. The first-order valence-corrected chi connectivity index (χ1v) is 9.80. The first kappa shape index (κ1) is 18.6. The van der Waals surface area contributed by atoms with E-state index in [4.69, 9.17) is 5.73 Å². The molecule has 0 aliphatic heterocycles. The van der Waals surface area contributed by atoms with Gasteiger partial charge in [0.15, 0.2) is 5.78 Å². The number of nitrogen functional groups attached to an aromatic ring is 1. The lowest BCUT2D eigenvalue weighted by molar-refractivity contribution is 0.101. The van der Waals surface area contributed by atoms with Crippen LogP contribution in [-0.2, 0) is 0 Å². The molecule has 0 radical (unpaired) electrons. The fourth-order valence-corrected chi connectivity index (χ4v) is 4.04. The molecule has 0 saturated heterocycles. The second-order valence-electron chi connectivity index (χ2n) is 6.51. The van der Waals surface area contributed by atoms with Gasteiger partial charge in [0.05, 0.1) is 0 Å². The Kier molecular flexibility index (Phi) is 4.97. The van der Waals surface area contributed by atoms with Crippen molar-refractivity contribution in [3.63, 3.8) is 0 Å². The molecule has 0 saturated carbocycles. The molecule has 0 atom stereocenters. The highest BCUT2D eigenvalue weighted by atomic mass is 32.1. The fraction of sp³-hybridized carbons (Fsp3) is 0.0455. The topological polar surface area (TPSA) is 97.1 Å². The summed E-state index contributed by atoms with van der Waals surface area (Å²) in [5, 5.41) is 8.53. The highest BCUT2D eigenvalue weighted by Crippen LogP contribution is 2.36. The molecule has 0 aliphatic carbocycles. The molecule has 6 nitrogen and oxygen atoms in total. The van der Waals surface area contributed by atoms with E-state index in [0.29, 0.717) is 22.8 Å². The van der Waals surface area contributed by atoms with Crippen LogP contribution in [0.2, 0.25) is 0 Å². The molecule has 29 heavy (non-hydrogen) atoms. The number of nitrogens with zero attached hydrogens (tertiary/aromatic N) is 1. The van der Waals surface area contributed by atoms with E-state index >= 15 is 0 Å². The zero-order valence-corrected chi connectivity index (χ0v) is 16.4. The van der Waals surface area contributed by atoms with Crippen molar-refractivity contribution in [1.82, 2.24) is 4.98 Å². The average molecular weight is 402 g/mol. The van der Waals surface area contributed by atoms with Crippen LogP contribution in [0, 0.1) is 0 Å². The monoisotopic (exact) mass is 402 g/mol. The van der Waals surface area contributed by atoms with Gasteiger partial charge in [0, 0.05) is 38.8 Å². The number of ketones is 1. The molecule has 4 rings (SSSR count). The molecule has 4 N–H and O–H groups in total. The van der Waals surface area contributed by atoms with Gasteiger partial charge in [0.25, 0.3) is 0 Å². The van der Waals surface area contributed by atoms with Crippen LogP contribution in [0.25, 0.3) is 21.2 Å². The quantitative estimate of drug-likeness (QED) is 0.399. The molecule has 0 unspecified atom stereocenters. The molecule has 0 bridgehead atoms. The Morgan fingerprint density at radius 1 is 1.00 bits per heavy atom. The molecule has 144 valence electrons. The van der Waals surface area contributed by atoms with Crippen LogP contribution in [0.3, 0.4) is 0 Å². The van der Waals surface area contributed by atoms with Crippen LogP contribution < -0.4 is 16.4 Å². The fourth-order valence-electron chi connectivity index (χ4n) is 3.06. The maximum atomic E-state index is 12.3. The number of hydrogen-bond donors (Lipinski definition) is 3. The largest absolute Gasteiger partial charge is 0.383 e. The van der Waals surface area contributed by atoms with Crippen LogP contribution >= 0.6 is 11.3 Å². The number of nitrogens with two attached hydrogens (primary N) is 1. The standard InChI is InChI=1S/C22H18N4O2S/c1-13(27)15-3-2-4-17(11-15)26-22(28)25-16-7-5-14(6-8-16)18-12-29-19-9-10-24-21(23)20(18)19/h2-12H,1H3,(H2,23,24)(H2,25,26,28). The Morgan fingerprint density at radius 3 is 2.52 bits per heavy atom. The van der Waals surface area contributed by atoms with E-state index in [1.165, 1.54) is 6.92 Å². The number of urea groups is 1. The lowest BCUT2D eigenvalue weighted by Crippen LogP contribution is -2.19. The van der Waals surface area contributed by atoms with E-state index in [0.717, 1.165) is 21.2 Å². The van der Waals surface area contributed by atoms with Gasteiger partial charge in [-0.2, -0.15) is 0 Å². The summed E-state index contributed by atoms with van der Waals surface area (Å²) in [5.41, 5.74) is 9.82. The van der Waals surface area contributed by atoms with Crippen molar-refractivity contribution in [3.8, 4) is 11.1 Å². The molecule has 0 spiro atoms. The average Bonchev–Trinajstić information content (AvgIpc) is 3.14. The number of rotatable bonds is 4. The van der Waals surface area contributed by atoms with Crippen molar-refractivity contribution in [3.05, 3.63) is 71.7 Å².